The molecule has 20 heavy (non-hydrogen) atoms. The van der Waals surface area contributed by atoms with Crippen molar-refractivity contribution in [2.75, 3.05) is 24.7 Å². The molecule has 0 unspecified atom stereocenters. The molecule has 1 aromatic rings. The number of nitrogens with zero attached hydrogens (tertiary/aromatic N) is 1. The summed E-state index contributed by atoms with van der Waals surface area (Å²) >= 11 is 0. The van der Waals surface area contributed by atoms with E-state index in [1.807, 2.05) is 6.92 Å². The minimum absolute atomic E-state index is 0.0600. The second-order valence-electron chi connectivity index (χ2n) is 4.47. The first-order valence-electron chi connectivity index (χ1n) is 6.33. The van der Waals surface area contributed by atoms with Crippen LogP contribution < -0.4 is 5.32 Å². The maximum Gasteiger partial charge on any atom is 0.225 e. The van der Waals surface area contributed by atoms with E-state index in [9.17, 15) is 17.6 Å². The van der Waals surface area contributed by atoms with E-state index in [0.717, 1.165) is 6.26 Å². The lowest BCUT2D eigenvalue weighted by Gasteiger charge is -2.18. The number of carbonyl (C=O) groups excluding carboxylic acids is 1. The zero-order valence-corrected chi connectivity index (χ0v) is 12.4. The molecule has 1 amide bonds. The number of benzene rings is 1. The van der Waals surface area contributed by atoms with Crippen molar-refractivity contribution in [1.29, 1.82) is 0 Å². The van der Waals surface area contributed by atoms with E-state index >= 15 is 0 Å². The third kappa shape index (κ3) is 5.66. The zero-order valence-electron chi connectivity index (χ0n) is 11.6. The molecule has 0 bridgehead atoms. The quantitative estimate of drug-likeness (QED) is 0.835. The molecule has 0 aromatic heterocycles. The van der Waals surface area contributed by atoms with E-state index in [1.54, 1.807) is 0 Å². The highest BCUT2D eigenvalue weighted by molar-refractivity contribution is 7.88. The van der Waals surface area contributed by atoms with Gasteiger partial charge in [-0.15, -0.1) is 0 Å². The van der Waals surface area contributed by atoms with E-state index in [0.29, 0.717) is 18.7 Å². The summed E-state index contributed by atoms with van der Waals surface area (Å²) in [6.07, 6.45) is 1.87. The fourth-order valence-electron chi connectivity index (χ4n) is 1.68. The van der Waals surface area contributed by atoms with Crippen LogP contribution in [-0.4, -0.2) is 38.0 Å². The Morgan fingerprint density at radius 1 is 1.25 bits per heavy atom. The minimum Gasteiger partial charge on any atom is -0.326 e. The molecule has 0 fully saturated rings. The van der Waals surface area contributed by atoms with Crippen molar-refractivity contribution in [2.45, 2.75) is 19.8 Å². The third-order valence-electron chi connectivity index (χ3n) is 2.66. The number of anilines is 1. The Hall–Kier alpha value is -1.47. The van der Waals surface area contributed by atoms with Gasteiger partial charge in [0.1, 0.15) is 5.82 Å². The molecular formula is C13H19FN2O3S. The number of hydrogen-bond donors (Lipinski definition) is 1. The van der Waals surface area contributed by atoms with Gasteiger partial charge in [0.15, 0.2) is 0 Å². The smallest absolute Gasteiger partial charge is 0.225 e. The minimum atomic E-state index is -3.30. The molecule has 1 aromatic carbocycles. The van der Waals surface area contributed by atoms with Gasteiger partial charge in [0, 0.05) is 25.2 Å². The maximum absolute atomic E-state index is 12.7. The summed E-state index contributed by atoms with van der Waals surface area (Å²) in [5.41, 5.74) is 0.484. The van der Waals surface area contributed by atoms with Crippen molar-refractivity contribution in [3.05, 3.63) is 30.1 Å². The Balaban J connectivity index is 2.51. The van der Waals surface area contributed by atoms with Gasteiger partial charge in [0.05, 0.1) is 6.26 Å². The number of halogens is 1. The van der Waals surface area contributed by atoms with Crippen LogP contribution in [0.15, 0.2) is 24.3 Å². The normalized spacial score (nSPS) is 11.6. The molecule has 0 aliphatic carbocycles. The molecule has 0 atom stereocenters. The number of hydrogen-bond acceptors (Lipinski definition) is 3. The molecule has 0 aliphatic rings. The monoisotopic (exact) mass is 302 g/mol. The fourth-order valence-corrected chi connectivity index (χ4v) is 2.61. The van der Waals surface area contributed by atoms with Gasteiger partial charge < -0.3 is 5.32 Å². The summed E-state index contributed by atoms with van der Waals surface area (Å²) in [5, 5.41) is 2.59. The first-order chi connectivity index (χ1) is 9.32. The standard InChI is InChI=1S/C13H19FN2O3S/c1-3-9-16(20(2,18)19)10-8-13(17)15-12-6-4-11(14)5-7-12/h4-7H,3,8-10H2,1-2H3,(H,15,17). The van der Waals surface area contributed by atoms with E-state index in [4.69, 9.17) is 0 Å². The molecule has 7 heteroatoms. The average molecular weight is 302 g/mol. The predicted molar refractivity (Wildman–Crippen MR) is 76.4 cm³/mol. The lowest BCUT2D eigenvalue weighted by Crippen LogP contribution is -2.33. The number of rotatable bonds is 7. The van der Waals surface area contributed by atoms with Crippen LogP contribution in [0.25, 0.3) is 0 Å². The highest BCUT2D eigenvalue weighted by Gasteiger charge is 2.16. The van der Waals surface area contributed by atoms with E-state index < -0.39 is 10.0 Å². The molecule has 0 aliphatic heterocycles. The van der Waals surface area contributed by atoms with Gasteiger partial charge in [-0.3, -0.25) is 4.79 Å². The number of amides is 1. The highest BCUT2D eigenvalue weighted by atomic mass is 32.2. The Morgan fingerprint density at radius 2 is 1.85 bits per heavy atom. The maximum atomic E-state index is 12.7. The Kier molecular flexibility index (Phi) is 6.09. The van der Waals surface area contributed by atoms with Gasteiger partial charge in [-0.1, -0.05) is 6.92 Å². The second-order valence-corrected chi connectivity index (χ2v) is 6.45. The number of sulfonamides is 1. The molecule has 112 valence electrons. The van der Waals surface area contributed by atoms with Crippen LogP contribution in [0, 0.1) is 5.82 Å². The summed E-state index contributed by atoms with van der Waals surface area (Å²) in [6.45, 7) is 2.40. The molecule has 0 radical (unpaired) electrons. The number of carbonyl (C=O) groups is 1. The molecule has 0 spiro atoms. The highest BCUT2D eigenvalue weighted by Crippen LogP contribution is 2.09. The summed E-state index contributed by atoms with van der Waals surface area (Å²) in [6, 6.07) is 5.40. The largest absolute Gasteiger partial charge is 0.326 e. The number of nitrogens with one attached hydrogen (secondary N) is 1. The van der Waals surface area contributed by atoms with Crippen molar-refractivity contribution in [1.82, 2.24) is 4.31 Å². The first-order valence-corrected chi connectivity index (χ1v) is 8.18. The van der Waals surface area contributed by atoms with E-state index in [-0.39, 0.29) is 24.7 Å². The zero-order chi connectivity index (χ0) is 15.2. The average Bonchev–Trinajstić information content (AvgIpc) is 2.36. The van der Waals surface area contributed by atoms with Gasteiger partial charge in [-0.2, -0.15) is 0 Å². The van der Waals surface area contributed by atoms with Crippen LogP contribution in [0.3, 0.4) is 0 Å². The van der Waals surface area contributed by atoms with Crippen LogP contribution in [-0.2, 0) is 14.8 Å². The van der Waals surface area contributed by atoms with Crippen LogP contribution in [0.5, 0.6) is 0 Å². The lowest BCUT2D eigenvalue weighted by atomic mass is 10.3. The topological polar surface area (TPSA) is 66.5 Å². The predicted octanol–water partition coefficient (Wildman–Crippen LogP) is 1.83. The Labute approximate surface area is 118 Å². The van der Waals surface area contributed by atoms with Crippen LogP contribution >= 0.6 is 0 Å². The van der Waals surface area contributed by atoms with Crippen molar-refractivity contribution in [3.8, 4) is 0 Å². The summed E-state index contributed by atoms with van der Waals surface area (Å²) in [7, 11) is -3.30. The summed E-state index contributed by atoms with van der Waals surface area (Å²) in [4.78, 5) is 11.7. The molecule has 0 saturated heterocycles. The first kappa shape index (κ1) is 16.6. The molecule has 1 N–H and O–H groups in total. The lowest BCUT2D eigenvalue weighted by molar-refractivity contribution is -0.116. The van der Waals surface area contributed by atoms with Gasteiger partial charge in [0.2, 0.25) is 15.9 Å². The van der Waals surface area contributed by atoms with Gasteiger partial charge in [-0.25, -0.2) is 17.1 Å². The van der Waals surface area contributed by atoms with Crippen LogP contribution in [0.2, 0.25) is 0 Å². The van der Waals surface area contributed by atoms with Crippen molar-refractivity contribution < 1.29 is 17.6 Å². The van der Waals surface area contributed by atoms with E-state index in [2.05, 4.69) is 5.32 Å². The van der Waals surface area contributed by atoms with Gasteiger partial charge >= 0.3 is 0 Å². The summed E-state index contributed by atoms with van der Waals surface area (Å²) in [5.74, 6) is -0.685. The van der Waals surface area contributed by atoms with Gasteiger partial charge in [-0.05, 0) is 30.7 Å². The molecule has 0 heterocycles. The molecule has 0 saturated carbocycles. The van der Waals surface area contributed by atoms with Crippen molar-refractivity contribution in [2.24, 2.45) is 0 Å². The molecule has 1 rings (SSSR count). The Bertz CT molecular complexity index is 543. The summed E-state index contributed by atoms with van der Waals surface area (Å²) < 4.78 is 36.9. The van der Waals surface area contributed by atoms with E-state index in [1.165, 1.54) is 28.6 Å². The van der Waals surface area contributed by atoms with Gasteiger partial charge in [0.25, 0.3) is 0 Å². The van der Waals surface area contributed by atoms with Crippen molar-refractivity contribution in [3.63, 3.8) is 0 Å². The Morgan fingerprint density at radius 3 is 2.35 bits per heavy atom. The molecular weight excluding hydrogens is 283 g/mol. The molecule has 5 nitrogen and oxygen atoms in total. The van der Waals surface area contributed by atoms with Crippen molar-refractivity contribution >= 4 is 21.6 Å². The van der Waals surface area contributed by atoms with Crippen LogP contribution in [0.1, 0.15) is 19.8 Å². The third-order valence-corrected chi connectivity index (χ3v) is 3.96. The van der Waals surface area contributed by atoms with Crippen LogP contribution in [0.4, 0.5) is 10.1 Å². The fraction of sp³-hybridized carbons (Fsp3) is 0.462. The second kappa shape index (κ2) is 7.35. The SMILES string of the molecule is CCCN(CCC(=O)Nc1ccc(F)cc1)S(C)(=O)=O.